The van der Waals surface area contributed by atoms with Crippen molar-refractivity contribution in [3.8, 4) is 0 Å². The zero-order chi connectivity index (χ0) is 18.2. The Kier molecular flexibility index (Phi) is 7.83. The largest absolute Gasteiger partial charge is 0.377 e. The molecule has 0 fully saturated rings. The second-order valence-corrected chi connectivity index (χ2v) is 6.61. The lowest BCUT2D eigenvalue weighted by Gasteiger charge is -2.22. The number of aliphatic hydroxyl groups is 1. The van der Waals surface area contributed by atoms with E-state index in [0.717, 1.165) is 0 Å². The zero-order valence-electron chi connectivity index (χ0n) is 15.3. The van der Waals surface area contributed by atoms with Gasteiger partial charge in [0.1, 0.15) is 5.60 Å². The van der Waals surface area contributed by atoms with Crippen molar-refractivity contribution in [2.24, 2.45) is 0 Å². The van der Waals surface area contributed by atoms with Crippen molar-refractivity contribution in [3.05, 3.63) is 71.8 Å². The summed E-state index contributed by atoms with van der Waals surface area (Å²) in [5.41, 5.74) is -0.363. The Morgan fingerprint density at radius 3 is 1.67 bits per heavy atom. The molecule has 0 aromatic heterocycles. The molecule has 3 heteroatoms. The van der Waals surface area contributed by atoms with Gasteiger partial charge in [-0.1, -0.05) is 88.4 Å². The summed E-state index contributed by atoms with van der Waals surface area (Å²) in [5, 5.41) is 13.7. The highest BCUT2D eigenvalue weighted by Gasteiger charge is 2.32. The van der Waals surface area contributed by atoms with Crippen LogP contribution in [0.5, 0.6) is 0 Å². The summed E-state index contributed by atoms with van der Waals surface area (Å²) in [4.78, 5) is 12.2. The van der Waals surface area contributed by atoms with Crippen LogP contribution in [-0.4, -0.2) is 23.0 Å². The lowest BCUT2D eigenvalue weighted by molar-refractivity contribution is 0.0392. The molecule has 0 saturated heterocycles. The maximum atomic E-state index is 12.2. The van der Waals surface area contributed by atoms with Gasteiger partial charge in [-0.15, -0.1) is 0 Å². The first kappa shape index (κ1) is 20.1. The Morgan fingerprint density at radius 2 is 1.29 bits per heavy atom. The summed E-state index contributed by atoms with van der Waals surface area (Å²) in [5.74, 6) is -0.288. The molecule has 1 unspecified atom stereocenters. The Morgan fingerprint density at radius 1 is 0.875 bits per heavy atom. The second-order valence-electron chi connectivity index (χ2n) is 6.61. The molecule has 3 nitrogen and oxygen atoms in total. The van der Waals surface area contributed by atoms with Crippen LogP contribution < -0.4 is 5.32 Å². The molecule has 130 valence electrons. The van der Waals surface area contributed by atoms with Gasteiger partial charge in [0.05, 0.1) is 0 Å². The molecule has 1 atom stereocenters. The molecule has 0 heterocycles. The maximum absolute atomic E-state index is 12.2. The third kappa shape index (κ3) is 6.26. The summed E-state index contributed by atoms with van der Waals surface area (Å²) in [7, 11) is 0. The van der Waals surface area contributed by atoms with Crippen molar-refractivity contribution in [2.75, 3.05) is 0 Å². The number of hydrogen-bond donors (Lipinski definition) is 2. The van der Waals surface area contributed by atoms with Gasteiger partial charge in [0.15, 0.2) is 5.78 Å². The highest BCUT2D eigenvalue weighted by molar-refractivity contribution is 6.02. The van der Waals surface area contributed by atoms with Crippen molar-refractivity contribution >= 4 is 5.78 Å². The number of Topliss-reactive ketones (excluding diaryl/α,β-unsaturated/α-hetero) is 1. The standard InChI is InChI=1S/C15H14O2.C6H15N/c1-15(17,13-10-6-3-7-11-13)14(16)12-8-4-2-5-9-12;1-5(2)7-6(3)4/h2-11,17H,1H3;5-7H,1-4H3. The van der Waals surface area contributed by atoms with Gasteiger partial charge in [-0.2, -0.15) is 0 Å². The van der Waals surface area contributed by atoms with E-state index in [-0.39, 0.29) is 5.78 Å². The highest BCUT2D eigenvalue weighted by Crippen LogP contribution is 2.24. The number of nitrogens with one attached hydrogen (secondary N) is 1. The predicted octanol–water partition coefficient (Wildman–Crippen LogP) is 4.17. The van der Waals surface area contributed by atoms with Crippen LogP contribution in [0.1, 0.15) is 50.5 Å². The lowest BCUT2D eigenvalue weighted by atomic mass is 9.88. The predicted molar refractivity (Wildman–Crippen MR) is 100 cm³/mol. The minimum absolute atomic E-state index is 0.288. The van der Waals surface area contributed by atoms with Gasteiger partial charge in [-0.3, -0.25) is 4.79 Å². The minimum Gasteiger partial charge on any atom is -0.377 e. The first-order valence-electron chi connectivity index (χ1n) is 8.39. The number of carbonyl (C=O) groups is 1. The fraction of sp³-hybridized carbons (Fsp3) is 0.381. The van der Waals surface area contributed by atoms with E-state index in [1.165, 1.54) is 6.92 Å². The molecule has 24 heavy (non-hydrogen) atoms. The van der Waals surface area contributed by atoms with Gasteiger partial charge in [-0.25, -0.2) is 0 Å². The molecule has 2 rings (SSSR count). The fourth-order valence-electron chi connectivity index (χ4n) is 2.43. The quantitative estimate of drug-likeness (QED) is 0.810. The van der Waals surface area contributed by atoms with Crippen molar-refractivity contribution in [2.45, 2.75) is 52.3 Å². The van der Waals surface area contributed by atoms with Gasteiger partial charge in [0, 0.05) is 17.6 Å². The molecule has 0 aliphatic rings. The molecule has 0 radical (unpaired) electrons. The van der Waals surface area contributed by atoms with E-state index in [4.69, 9.17) is 0 Å². The molecular formula is C21H29NO2. The molecule has 2 N–H and O–H groups in total. The summed E-state index contributed by atoms with van der Waals surface area (Å²) >= 11 is 0. The van der Waals surface area contributed by atoms with Crippen LogP contribution in [0.3, 0.4) is 0 Å². The Bertz CT molecular complexity index is 598. The molecule has 2 aromatic rings. The Balaban J connectivity index is 0.000000351. The lowest BCUT2D eigenvalue weighted by Crippen LogP contribution is -2.32. The molecular weight excluding hydrogens is 298 g/mol. The number of ketones is 1. The molecule has 2 aromatic carbocycles. The van der Waals surface area contributed by atoms with Crippen LogP contribution in [0, 0.1) is 0 Å². The van der Waals surface area contributed by atoms with E-state index >= 15 is 0 Å². The average Bonchev–Trinajstić information content (AvgIpc) is 2.55. The third-order valence-electron chi connectivity index (χ3n) is 3.48. The van der Waals surface area contributed by atoms with E-state index in [9.17, 15) is 9.90 Å². The highest BCUT2D eigenvalue weighted by atomic mass is 16.3. The molecule has 0 spiro atoms. The van der Waals surface area contributed by atoms with E-state index in [1.54, 1.807) is 36.4 Å². The minimum atomic E-state index is -1.48. The molecule has 0 bridgehead atoms. The van der Waals surface area contributed by atoms with E-state index < -0.39 is 5.60 Å². The molecule has 0 saturated carbocycles. The third-order valence-corrected chi connectivity index (χ3v) is 3.48. The van der Waals surface area contributed by atoms with Gasteiger partial charge in [0.2, 0.25) is 0 Å². The van der Waals surface area contributed by atoms with Crippen molar-refractivity contribution in [1.29, 1.82) is 0 Å². The normalized spacial score (nSPS) is 13.2. The smallest absolute Gasteiger partial charge is 0.198 e. The van der Waals surface area contributed by atoms with Crippen LogP contribution >= 0.6 is 0 Å². The zero-order valence-corrected chi connectivity index (χ0v) is 15.3. The summed E-state index contributed by atoms with van der Waals surface area (Å²) in [6, 6.07) is 19.1. The van der Waals surface area contributed by atoms with Crippen LogP contribution in [0.2, 0.25) is 0 Å². The first-order chi connectivity index (χ1) is 11.2. The van der Waals surface area contributed by atoms with Crippen LogP contribution in [-0.2, 0) is 5.60 Å². The summed E-state index contributed by atoms with van der Waals surface area (Å²) in [6.07, 6.45) is 0. The number of hydrogen-bond acceptors (Lipinski definition) is 3. The van der Waals surface area contributed by atoms with E-state index in [2.05, 4.69) is 33.0 Å². The van der Waals surface area contributed by atoms with Gasteiger partial charge in [0.25, 0.3) is 0 Å². The molecule has 0 aliphatic heterocycles. The number of rotatable bonds is 5. The summed E-state index contributed by atoms with van der Waals surface area (Å²) in [6.45, 7) is 10.1. The van der Waals surface area contributed by atoms with Crippen LogP contribution in [0.4, 0.5) is 0 Å². The fourth-order valence-corrected chi connectivity index (χ4v) is 2.43. The topological polar surface area (TPSA) is 49.3 Å². The monoisotopic (exact) mass is 327 g/mol. The number of benzene rings is 2. The van der Waals surface area contributed by atoms with Gasteiger partial charge in [-0.05, 0) is 12.5 Å². The average molecular weight is 327 g/mol. The van der Waals surface area contributed by atoms with Gasteiger partial charge < -0.3 is 10.4 Å². The van der Waals surface area contributed by atoms with Crippen molar-refractivity contribution in [3.63, 3.8) is 0 Å². The van der Waals surface area contributed by atoms with E-state index in [1.807, 2.05) is 24.3 Å². The van der Waals surface area contributed by atoms with Crippen molar-refractivity contribution < 1.29 is 9.90 Å². The van der Waals surface area contributed by atoms with Crippen LogP contribution in [0.15, 0.2) is 60.7 Å². The van der Waals surface area contributed by atoms with E-state index in [0.29, 0.717) is 23.2 Å². The first-order valence-corrected chi connectivity index (χ1v) is 8.39. The van der Waals surface area contributed by atoms with Crippen molar-refractivity contribution in [1.82, 2.24) is 5.32 Å². The maximum Gasteiger partial charge on any atom is 0.198 e. The number of carbonyl (C=O) groups excluding carboxylic acids is 1. The molecule has 0 amide bonds. The summed E-state index contributed by atoms with van der Waals surface area (Å²) < 4.78 is 0. The molecule has 0 aliphatic carbocycles. The Hall–Kier alpha value is -1.97. The SMILES string of the molecule is CC(C)NC(C)C.CC(O)(C(=O)c1ccccc1)c1ccccc1. The Labute approximate surface area is 145 Å². The van der Waals surface area contributed by atoms with Crippen LogP contribution in [0.25, 0.3) is 0 Å². The van der Waals surface area contributed by atoms with Gasteiger partial charge >= 0.3 is 0 Å². The second kappa shape index (κ2) is 9.36.